The number of carbonyl (C=O) groups excluding carboxylic acids is 3. The Morgan fingerprint density at radius 1 is 1.33 bits per heavy atom. The van der Waals surface area contributed by atoms with Crippen LogP contribution in [0.15, 0.2) is 24.3 Å². The zero-order valence-electron chi connectivity index (χ0n) is 13.4. The molecule has 1 aromatic rings. The number of esters is 1. The maximum atomic E-state index is 12.7. The molecule has 1 heterocycles. The van der Waals surface area contributed by atoms with Crippen molar-refractivity contribution in [3.8, 4) is 5.75 Å². The van der Waals surface area contributed by atoms with Crippen LogP contribution in [0.2, 0.25) is 5.02 Å². The van der Waals surface area contributed by atoms with Gasteiger partial charge in [-0.15, -0.1) is 0 Å². The molecule has 1 aliphatic heterocycles. The van der Waals surface area contributed by atoms with Gasteiger partial charge in [0.1, 0.15) is 17.8 Å². The van der Waals surface area contributed by atoms with Crippen LogP contribution in [0.25, 0.3) is 0 Å². The summed E-state index contributed by atoms with van der Waals surface area (Å²) in [6, 6.07) is 6.00. The largest absolute Gasteiger partial charge is 0.424 e. The minimum atomic E-state index is -0.853. The lowest BCUT2D eigenvalue weighted by molar-refractivity contribution is -0.141. The van der Waals surface area contributed by atoms with Gasteiger partial charge >= 0.3 is 12.0 Å². The molecule has 0 radical (unpaired) electrons. The first-order chi connectivity index (χ1) is 11.4. The molecule has 128 valence electrons. The third-order valence-electron chi connectivity index (χ3n) is 4.72. The van der Waals surface area contributed by atoms with Crippen molar-refractivity contribution < 1.29 is 19.1 Å². The zero-order chi connectivity index (χ0) is 17.3. The molecule has 0 atom stereocenters. The van der Waals surface area contributed by atoms with Crippen LogP contribution in [0, 0.1) is 5.92 Å². The van der Waals surface area contributed by atoms with Crippen molar-refractivity contribution in [3.05, 3.63) is 29.3 Å². The summed E-state index contributed by atoms with van der Waals surface area (Å²) in [5.74, 6) is -0.291. The summed E-state index contributed by atoms with van der Waals surface area (Å²) in [7, 11) is 0. The van der Waals surface area contributed by atoms with E-state index in [9.17, 15) is 14.4 Å². The smallest absolute Gasteiger partial charge is 0.331 e. The number of nitrogens with one attached hydrogen (secondary N) is 1. The third-order valence-corrected chi connectivity index (χ3v) is 5.03. The van der Waals surface area contributed by atoms with Crippen LogP contribution in [0.4, 0.5) is 4.79 Å². The first-order valence-electron chi connectivity index (χ1n) is 8.00. The summed E-state index contributed by atoms with van der Waals surface area (Å²) < 4.78 is 5.15. The predicted molar refractivity (Wildman–Crippen MR) is 87.7 cm³/mol. The van der Waals surface area contributed by atoms with E-state index in [1.807, 2.05) is 0 Å². The Kier molecular flexibility index (Phi) is 4.49. The lowest BCUT2D eigenvalue weighted by Crippen LogP contribution is -2.49. The molecule has 2 aliphatic rings. The van der Waals surface area contributed by atoms with Crippen molar-refractivity contribution >= 4 is 29.5 Å². The van der Waals surface area contributed by atoms with Crippen LogP contribution in [-0.2, 0) is 9.59 Å². The molecular weight excluding hydrogens is 332 g/mol. The second-order valence-corrected chi connectivity index (χ2v) is 6.90. The molecule has 3 amide bonds. The Morgan fingerprint density at radius 3 is 2.67 bits per heavy atom. The average Bonchev–Trinajstić information content (AvgIpc) is 2.77. The molecule has 0 aromatic heterocycles. The predicted octanol–water partition coefficient (Wildman–Crippen LogP) is 2.75. The molecule has 1 spiro atoms. The van der Waals surface area contributed by atoms with Crippen molar-refractivity contribution in [2.45, 2.75) is 38.1 Å². The number of imide groups is 1. The van der Waals surface area contributed by atoms with E-state index in [-0.39, 0.29) is 11.7 Å². The zero-order valence-corrected chi connectivity index (χ0v) is 14.1. The molecule has 1 N–H and O–H groups in total. The van der Waals surface area contributed by atoms with E-state index in [0.29, 0.717) is 23.8 Å². The van der Waals surface area contributed by atoms with Gasteiger partial charge in [-0.25, -0.2) is 9.59 Å². The fraction of sp³-hybridized carbons (Fsp3) is 0.471. The number of para-hydroxylation sites is 1. The molecule has 1 aromatic carbocycles. The number of amides is 3. The van der Waals surface area contributed by atoms with Gasteiger partial charge in [-0.05, 0) is 43.7 Å². The topological polar surface area (TPSA) is 75.7 Å². The van der Waals surface area contributed by atoms with Crippen molar-refractivity contribution in [2.24, 2.45) is 5.92 Å². The van der Waals surface area contributed by atoms with Gasteiger partial charge in [0.15, 0.2) is 0 Å². The van der Waals surface area contributed by atoms with E-state index in [1.54, 1.807) is 24.3 Å². The molecule has 1 aliphatic carbocycles. The molecule has 0 unspecified atom stereocenters. The number of rotatable bonds is 3. The molecule has 7 heteroatoms. The fourth-order valence-corrected chi connectivity index (χ4v) is 3.40. The van der Waals surface area contributed by atoms with Gasteiger partial charge in [-0.2, -0.15) is 0 Å². The highest BCUT2D eigenvalue weighted by Gasteiger charge is 2.52. The van der Waals surface area contributed by atoms with Gasteiger partial charge in [0.25, 0.3) is 5.91 Å². The Bertz CT molecular complexity index is 683. The minimum absolute atomic E-state index is 0.206. The number of nitrogens with zero attached hydrogens (tertiary/aromatic N) is 1. The van der Waals surface area contributed by atoms with Crippen LogP contribution < -0.4 is 10.1 Å². The Morgan fingerprint density at radius 2 is 2.00 bits per heavy atom. The van der Waals surface area contributed by atoms with Gasteiger partial charge in [0, 0.05) is 0 Å². The maximum Gasteiger partial charge on any atom is 0.331 e. The quantitative estimate of drug-likeness (QED) is 0.516. The normalized spacial score (nSPS) is 26.6. The molecule has 24 heavy (non-hydrogen) atoms. The second-order valence-electron chi connectivity index (χ2n) is 6.49. The lowest BCUT2D eigenvalue weighted by Gasteiger charge is -2.33. The Hall–Kier alpha value is -2.08. The van der Waals surface area contributed by atoms with Crippen LogP contribution in [0.1, 0.15) is 32.6 Å². The number of halogens is 1. The van der Waals surface area contributed by atoms with Gasteiger partial charge < -0.3 is 10.1 Å². The highest BCUT2D eigenvalue weighted by atomic mass is 35.5. The number of urea groups is 1. The lowest BCUT2D eigenvalue weighted by atomic mass is 9.77. The number of carbonyl (C=O) groups is 3. The first-order valence-corrected chi connectivity index (χ1v) is 8.38. The van der Waals surface area contributed by atoms with Crippen LogP contribution in [-0.4, -0.2) is 34.9 Å². The van der Waals surface area contributed by atoms with Crippen LogP contribution in [0.5, 0.6) is 5.75 Å². The van der Waals surface area contributed by atoms with E-state index in [1.165, 1.54) is 0 Å². The summed E-state index contributed by atoms with van der Waals surface area (Å²) in [5.41, 5.74) is -0.853. The summed E-state index contributed by atoms with van der Waals surface area (Å²) >= 11 is 5.94. The van der Waals surface area contributed by atoms with Gasteiger partial charge in [-0.3, -0.25) is 9.69 Å². The SMILES string of the molecule is CC1CCC2(CC1)NC(=O)N(CC(=O)Oc1ccccc1Cl)C2=O. The summed E-state index contributed by atoms with van der Waals surface area (Å²) in [6.07, 6.45) is 2.97. The number of benzene rings is 1. The third kappa shape index (κ3) is 3.11. The molecule has 0 bridgehead atoms. The van der Waals surface area contributed by atoms with E-state index in [0.717, 1.165) is 17.7 Å². The molecule has 2 fully saturated rings. The maximum absolute atomic E-state index is 12.7. The van der Waals surface area contributed by atoms with Gasteiger partial charge in [-0.1, -0.05) is 30.7 Å². The van der Waals surface area contributed by atoms with Crippen LogP contribution in [0.3, 0.4) is 0 Å². The second kappa shape index (κ2) is 6.43. The molecule has 1 saturated carbocycles. The van der Waals surface area contributed by atoms with Crippen molar-refractivity contribution in [3.63, 3.8) is 0 Å². The Balaban J connectivity index is 1.67. The number of hydrogen-bond donors (Lipinski definition) is 1. The Labute approximate surface area is 145 Å². The minimum Gasteiger partial charge on any atom is -0.424 e. The van der Waals surface area contributed by atoms with E-state index < -0.39 is 24.1 Å². The average molecular weight is 351 g/mol. The number of hydrogen-bond acceptors (Lipinski definition) is 4. The summed E-state index contributed by atoms with van der Waals surface area (Å²) in [6.45, 7) is 1.71. The molecule has 6 nitrogen and oxygen atoms in total. The standard InChI is InChI=1S/C17H19ClN2O4/c1-11-6-8-17(9-7-11)15(22)20(16(23)19-17)10-14(21)24-13-5-3-2-4-12(13)18/h2-5,11H,6-10H2,1H3,(H,19,23). The van der Waals surface area contributed by atoms with Gasteiger partial charge in [0.05, 0.1) is 5.02 Å². The van der Waals surface area contributed by atoms with Crippen molar-refractivity contribution in [2.75, 3.05) is 6.54 Å². The highest BCUT2D eigenvalue weighted by molar-refractivity contribution is 6.32. The molecule has 1 saturated heterocycles. The summed E-state index contributed by atoms with van der Waals surface area (Å²) in [5, 5.41) is 3.07. The van der Waals surface area contributed by atoms with Gasteiger partial charge in [0.2, 0.25) is 0 Å². The van der Waals surface area contributed by atoms with Crippen molar-refractivity contribution in [1.29, 1.82) is 0 Å². The fourth-order valence-electron chi connectivity index (χ4n) is 3.23. The van der Waals surface area contributed by atoms with E-state index >= 15 is 0 Å². The van der Waals surface area contributed by atoms with Crippen LogP contribution >= 0.6 is 11.6 Å². The monoisotopic (exact) mass is 350 g/mol. The first kappa shape index (κ1) is 16.8. The number of ether oxygens (including phenoxy) is 1. The van der Waals surface area contributed by atoms with E-state index in [4.69, 9.17) is 16.3 Å². The molecular formula is C17H19ClN2O4. The summed E-state index contributed by atoms with van der Waals surface area (Å²) in [4.78, 5) is 37.8. The highest BCUT2D eigenvalue weighted by Crippen LogP contribution is 2.36. The van der Waals surface area contributed by atoms with Crippen molar-refractivity contribution in [1.82, 2.24) is 10.2 Å². The molecule has 3 rings (SSSR count). The van der Waals surface area contributed by atoms with E-state index in [2.05, 4.69) is 12.2 Å².